The molecule has 0 aliphatic heterocycles. The highest BCUT2D eigenvalue weighted by atomic mass is 16.4. The molecule has 0 aromatic heterocycles. The van der Waals surface area contributed by atoms with Gasteiger partial charge in [0.25, 0.3) is 0 Å². The van der Waals surface area contributed by atoms with Crippen LogP contribution in [0.1, 0.15) is 53.5 Å². The third-order valence-electron chi connectivity index (χ3n) is 13.7. The molecule has 5 aromatic rings. The number of primary amides is 1. The fourth-order valence-corrected chi connectivity index (χ4v) is 9.11. The Kier molecular flexibility index (Phi) is 27.1. The largest absolute Gasteiger partial charge is 0.550 e. The maximum Gasteiger partial charge on any atom is 0.243 e. The molecule has 0 saturated carbocycles. The predicted octanol–water partition coefficient (Wildman–Crippen LogP) is -6.29. The van der Waals surface area contributed by atoms with Crippen LogP contribution < -0.4 is 74.0 Å². The number of carbonyl (C=O) groups excluding carboxylic acids is 13. The highest BCUT2D eigenvalue weighted by Gasteiger charge is 2.36. The number of amides is 9. The zero-order chi connectivity index (χ0) is 65.0. The number of carboxylic acids is 4. The standard InChI is InChI=1S/C62H70N10O17/c1-64-42(28-37-19-9-3-10-20-37)55(82)69-47(33-51(75)76)60(87)66-44(30-39-23-13-5-14-24-39)57(84)71-49(35-53(79)80)62(89)68-45(31-40-25-15-6-16-26-40)58(85)72-48(34-52(77)78)61(88)67-43(29-38-21-11-4-12-22-38)56(83)70-46(32-50(73)74)59(86)65-41(54(63)81)27-36-17-7-2-8-18-36/h2-26,41-49,64H,27-35H2,1H3,(H2,63,81)(H,65,86)(H,66,87)(H,67,88)(H,68,89)(H,69,82)(H,70,83)(H,71,84)(H,72,85)(H,73,74)(H,75,76)(H,77,78)(H,79,80)/p-4/t41?,42?,43?,44?,45?,46-,47-,48-,49-/m0/s1. The van der Waals surface area contributed by atoms with Gasteiger partial charge in [-0.1, -0.05) is 152 Å². The number of aliphatic carboxylic acids is 4. The summed E-state index contributed by atoms with van der Waals surface area (Å²) in [5.41, 5.74) is 7.92. The van der Waals surface area contributed by atoms with Gasteiger partial charge in [0.15, 0.2) is 0 Å². The van der Waals surface area contributed by atoms with E-state index < -0.39 is 170 Å². The molecule has 0 aliphatic carbocycles. The van der Waals surface area contributed by atoms with Crippen LogP contribution in [0.2, 0.25) is 0 Å². The average Bonchev–Trinajstić information content (AvgIpc) is 3.68. The van der Waals surface area contributed by atoms with Crippen LogP contribution in [0, 0.1) is 0 Å². The van der Waals surface area contributed by atoms with E-state index in [2.05, 4.69) is 47.9 Å². The molecule has 0 bridgehead atoms. The van der Waals surface area contributed by atoms with E-state index in [-0.39, 0.29) is 19.3 Å². The first kappa shape index (κ1) is 68.9. The van der Waals surface area contributed by atoms with Gasteiger partial charge in [0.2, 0.25) is 53.2 Å². The summed E-state index contributed by atoms with van der Waals surface area (Å²) >= 11 is 0. The molecule has 89 heavy (non-hydrogen) atoms. The Morgan fingerprint density at radius 3 is 0.652 bits per heavy atom. The Balaban J connectivity index is 1.40. The topological polar surface area (TPSA) is 448 Å². The summed E-state index contributed by atoms with van der Waals surface area (Å²) in [6, 6.07) is 24.5. The van der Waals surface area contributed by atoms with Gasteiger partial charge >= 0.3 is 0 Å². The van der Waals surface area contributed by atoms with E-state index in [1.807, 2.05) is 0 Å². The maximum absolute atomic E-state index is 14.5. The third kappa shape index (κ3) is 23.9. The van der Waals surface area contributed by atoms with Crippen molar-refractivity contribution in [3.63, 3.8) is 0 Å². The van der Waals surface area contributed by atoms with Crippen molar-refractivity contribution in [2.75, 3.05) is 7.05 Å². The second-order valence-electron chi connectivity index (χ2n) is 20.5. The lowest BCUT2D eigenvalue weighted by Gasteiger charge is -2.29. The fraction of sp³-hybridized carbons (Fsp3) is 0.306. The molecule has 0 spiro atoms. The number of carboxylic acid groups (broad SMARTS) is 4. The van der Waals surface area contributed by atoms with Gasteiger partial charge in [0, 0.05) is 75.2 Å². The van der Waals surface area contributed by atoms with E-state index in [1.54, 1.807) is 127 Å². The number of hydrogen-bond donors (Lipinski definition) is 10. The van der Waals surface area contributed by atoms with Gasteiger partial charge in [-0.25, -0.2) is 0 Å². The average molecular weight is 1220 g/mol. The molecule has 0 saturated heterocycles. The van der Waals surface area contributed by atoms with Gasteiger partial charge in [-0.3, -0.25) is 43.2 Å². The Morgan fingerprint density at radius 2 is 0.449 bits per heavy atom. The van der Waals surface area contributed by atoms with Crippen molar-refractivity contribution in [3.05, 3.63) is 179 Å². The number of carbonyl (C=O) groups is 13. The normalized spacial score (nSPS) is 13.9. The highest BCUT2D eigenvalue weighted by molar-refractivity contribution is 6.00. The number of hydrogen-bond acceptors (Lipinski definition) is 18. The van der Waals surface area contributed by atoms with Gasteiger partial charge in [0.1, 0.15) is 48.3 Å². The lowest BCUT2D eigenvalue weighted by molar-refractivity contribution is -0.307. The molecule has 0 radical (unpaired) electrons. The van der Waals surface area contributed by atoms with Gasteiger partial charge in [0.05, 0.1) is 6.04 Å². The molecular weight excluding hydrogens is 1160 g/mol. The van der Waals surface area contributed by atoms with E-state index in [0.717, 1.165) is 0 Å². The van der Waals surface area contributed by atoms with Gasteiger partial charge in [-0.05, 0) is 41.3 Å². The van der Waals surface area contributed by atoms with E-state index in [9.17, 15) is 82.8 Å². The van der Waals surface area contributed by atoms with Crippen LogP contribution in [0.4, 0.5) is 0 Å². The van der Waals surface area contributed by atoms with Crippen LogP contribution in [0.5, 0.6) is 0 Å². The van der Waals surface area contributed by atoms with E-state index >= 15 is 0 Å². The molecule has 470 valence electrons. The van der Waals surface area contributed by atoms with Crippen molar-refractivity contribution in [2.45, 2.75) is 112 Å². The Hall–Kier alpha value is -10.8. The molecule has 5 rings (SSSR count). The molecule has 5 aromatic carbocycles. The van der Waals surface area contributed by atoms with Crippen LogP contribution >= 0.6 is 0 Å². The molecule has 5 unspecified atom stereocenters. The number of nitrogens with two attached hydrogens (primary N) is 1. The SMILES string of the molecule is CNC(Cc1ccccc1)C(=O)N[C@@H](CC(=O)[O-])C(=O)NC(Cc1ccccc1)C(=O)N[C@@H](CC(=O)[O-])C(=O)NC(Cc1ccccc1)C(=O)N[C@@H](CC(=O)[O-])C(=O)NC(Cc1ccccc1)C(=O)N[C@@H](CC(=O)[O-])C(=O)NC(Cc1ccccc1)C(N)=O. The number of rotatable bonds is 36. The second kappa shape index (κ2) is 35.0. The molecule has 9 amide bonds. The molecule has 0 aliphatic rings. The quantitative estimate of drug-likeness (QED) is 0.0178. The predicted molar refractivity (Wildman–Crippen MR) is 307 cm³/mol. The molecule has 27 heteroatoms. The Morgan fingerprint density at radius 1 is 0.281 bits per heavy atom. The number of benzene rings is 5. The van der Waals surface area contributed by atoms with Crippen LogP contribution in [-0.2, 0) is 94.4 Å². The minimum atomic E-state index is -2.15. The molecule has 0 fully saturated rings. The lowest BCUT2D eigenvalue weighted by Crippen LogP contribution is -2.62. The second-order valence-corrected chi connectivity index (χ2v) is 20.5. The van der Waals surface area contributed by atoms with Crippen molar-refractivity contribution >= 4 is 77.0 Å². The molecule has 0 heterocycles. The Labute approximate surface area is 510 Å². The zero-order valence-electron chi connectivity index (χ0n) is 48.0. The van der Waals surface area contributed by atoms with Crippen LogP contribution in [0.3, 0.4) is 0 Å². The summed E-state index contributed by atoms with van der Waals surface area (Å²) in [5.74, 6) is -18.1. The number of nitrogens with one attached hydrogen (secondary N) is 9. The molecule has 9 atom stereocenters. The molecular formula is C62H66N10O17-4. The molecule has 27 nitrogen and oxygen atoms in total. The number of likely N-dealkylation sites (N-methyl/N-ethyl adjacent to an activating group) is 1. The smallest absolute Gasteiger partial charge is 0.243 e. The van der Waals surface area contributed by atoms with Gasteiger partial charge < -0.3 is 93.2 Å². The van der Waals surface area contributed by atoms with E-state index in [4.69, 9.17) is 5.73 Å². The summed E-state index contributed by atoms with van der Waals surface area (Å²) in [5, 5.41) is 69.7. The highest BCUT2D eigenvalue weighted by Crippen LogP contribution is 2.12. The Bertz CT molecular complexity index is 3270. The van der Waals surface area contributed by atoms with Crippen LogP contribution in [0.25, 0.3) is 0 Å². The summed E-state index contributed by atoms with van der Waals surface area (Å²) in [6.45, 7) is 0. The van der Waals surface area contributed by atoms with Gasteiger partial charge in [-0.2, -0.15) is 0 Å². The van der Waals surface area contributed by atoms with Crippen LogP contribution in [-0.4, -0.2) is 138 Å². The summed E-state index contributed by atoms with van der Waals surface area (Å²) < 4.78 is 0. The minimum Gasteiger partial charge on any atom is -0.550 e. The van der Waals surface area contributed by atoms with E-state index in [1.165, 1.54) is 31.3 Å². The van der Waals surface area contributed by atoms with Crippen molar-refractivity contribution in [1.29, 1.82) is 0 Å². The van der Waals surface area contributed by atoms with Crippen molar-refractivity contribution < 1.29 is 82.8 Å². The van der Waals surface area contributed by atoms with Crippen LogP contribution in [0.15, 0.2) is 152 Å². The maximum atomic E-state index is 14.5. The van der Waals surface area contributed by atoms with Crippen molar-refractivity contribution in [3.8, 4) is 0 Å². The van der Waals surface area contributed by atoms with Gasteiger partial charge in [-0.15, -0.1) is 0 Å². The first-order valence-corrected chi connectivity index (χ1v) is 27.9. The molecule has 11 N–H and O–H groups in total. The summed E-state index contributed by atoms with van der Waals surface area (Å²) in [4.78, 5) is 174. The first-order valence-electron chi connectivity index (χ1n) is 27.9. The first-order chi connectivity index (χ1) is 42.5. The lowest BCUT2D eigenvalue weighted by atomic mass is 10.0. The van der Waals surface area contributed by atoms with E-state index in [0.29, 0.717) is 27.8 Å². The fourth-order valence-electron chi connectivity index (χ4n) is 9.11. The minimum absolute atomic E-state index is 0.116. The monoisotopic (exact) mass is 1220 g/mol. The third-order valence-corrected chi connectivity index (χ3v) is 13.7. The van der Waals surface area contributed by atoms with Crippen molar-refractivity contribution in [1.82, 2.24) is 47.9 Å². The summed E-state index contributed by atoms with van der Waals surface area (Å²) in [7, 11) is 1.46. The summed E-state index contributed by atoms with van der Waals surface area (Å²) in [6.07, 6.45) is -6.03. The zero-order valence-corrected chi connectivity index (χ0v) is 48.0. The van der Waals surface area contributed by atoms with Crippen molar-refractivity contribution in [2.24, 2.45) is 5.73 Å².